The monoisotopic (exact) mass is 252 g/mol. The fourth-order valence-electron chi connectivity index (χ4n) is 1.42. The Hall–Kier alpha value is -1.25. The zero-order valence-corrected chi connectivity index (χ0v) is 10.2. The largest absolute Gasteiger partial charge is 0.397 e. The van der Waals surface area contributed by atoms with E-state index in [2.05, 4.69) is 4.98 Å². The van der Waals surface area contributed by atoms with Gasteiger partial charge in [-0.1, -0.05) is 35.3 Å². The summed E-state index contributed by atoms with van der Waals surface area (Å²) in [6.07, 6.45) is 1.74. The number of hydrogen-bond acceptors (Lipinski definition) is 2. The van der Waals surface area contributed by atoms with Gasteiger partial charge in [0.2, 0.25) is 0 Å². The van der Waals surface area contributed by atoms with E-state index in [4.69, 9.17) is 28.9 Å². The van der Waals surface area contributed by atoms with Gasteiger partial charge in [0, 0.05) is 17.3 Å². The Morgan fingerprint density at radius 2 is 2.00 bits per heavy atom. The van der Waals surface area contributed by atoms with Gasteiger partial charge in [0.25, 0.3) is 0 Å². The van der Waals surface area contributed by atoms with Crippen molar-refractivity contribution in [3.8, 4) is 11.1 Å². The molecule has 0 atom stereocenters. The molecule has 0 unspecified atom stereocenters. The van der Waals surface area contributed by atoms with Crippen LogP contribution >= 0.6 is 23.2 Å². The van der Waals surface area contributed by atoms with Gasteiger partial charge in [0.15, 0.2) is 0 Å². The maximum absolute atomic E-state index is 6.12. The summed E-state index contributed by atoms with van der Waals surface area (Å²) in [6.45, 7) is 1.86. The average molecular weight is 253 g/mol. The van der Waals surface area contributed by atoms with E-state index in [0.717, 1.165) is 16.8 Å². The van der Waals surface area contributed by atoms with Crippen molar-refractivity contribution in [2.45, 2.75) is 6.92 Å². The molecule has 2 nitrogen and oxygen atoms in total. The Balaban J connectivity index is 2.59. The normalized spacial score (nSPS) is 10.4. The zero-order valence-electron chi connectivity index (χ0n) is 8.67. The van der Waals surface area contributed by atoms with Crippen LogP contribution in [0.2, 0.25) is 10.0 Å². The minimum Gasteiger partial charge on any atom is -0.397 e. The molecule has 1 aromatic heterocycles. The lowest BCUT2D eigenvalue weighted by atomic mass is 10.1. The van der Waals surface area contributed by atoms with Gasteiger partial charge >= 0.3 is 0 Å². The molecular weight excluding hydrogens is 243 g/mol. The zero-order chi connectivity index (χ0) is 11.7. The summed E-state index contributed by atoms with van der Waals surface area (Å²) in [5, 5.41) is 1.05. The summed E-state index contributed by atoms with van der Waals surface area (Å²) in [7, 11) is 0. The van der Waals surface area contributed by atoms with Gasteiger partial charge in [-0.3, -0.25) is 4.98 Å². The fraction of sp³-hybridized carbons (Fsp3) is 0.0833. The Morgan fingerprint density at radius 1 is 1.25 bits per heavy atom. The summed E-state index contributed by atoms with van der Waals surface area (Å²) in [6, 6.07) is 7.33. The Labute approximate surface area is 104 Å². The summed E-state index contributed by atoms with van der Waals surface area (Å²) in [5.41, 5.74) is 8.97. The number of nitrogens with zero attached hydrogens (tertiary/aromatic N) is 1. The molecule has 0 saturated carbocycles. The van der Waals surface area contributed by atoms with Gasteiger partial charge in [0.1, 0.15) is 0 Å². The topological polar surface area (TPSA) is 38.9 Å². The van der Waals surface area contributed by atoms with Crippen LogP contribution in [0.5, 0.6) is 0 Å². The van der Waals surface area contributed by atoms with E-state index in [1.807, 2.05) is 25.1 Å². The van der Waals surface area contributed by atoms with E-state index < -0.39 is 0 Å². The molecule has 0 amide bonds. The molecule has 1 aromatic carbocycles. The highest BCUT2D eigenvalue weighted by Crippen LogP contribution is 2.33. The minimum absolute atomic E-state index is 0.522. The number of aryl methyl sites for hydroxylation is 1. The second-order valence-corrected chi connectivity index (χ2v) is 4.29. The number of benzene rings is 1. The van der Waals surface area contributed by atoms with Crippen LogP contribution < -0.4 is 5.73 Å². The predicted octanol–water partition coefficient (Wildman–Crippen LogP) is 3.95. The Morgan fingerprint density at radius 3 is 2.69 bits per heavy atom. The summed E-state index contributed by atoms with van der Waals surface area (Å²) in [4.78, 5) is 4.20. The molecule has 16 heavy (non-hydrogen) atoms. The van der Waals surface area contributed by atoms with Crippen LogP contribution in [0.25, 0.3) is 11.1 Å². The molecule has 0 radical (unpaired) electrons. The van der Waals surface area contributed by atoms with E-state index >= 15 is 0 Å². The highest BCUT2D eigenvalue weighted by molar-refractivity contribution is 6.43. The Bertz CT molecular complexity index is 539. The molecule has 0 saturated heterocycles. The van der Waals surface area contributed by atoms with E-state index in [1.165, 1.54) is 0 Å². The molecule has 2 N–H and O–H groups in total. The van der Waals surface area contributed by atoms with Crippen molar-refractivity contribution >= 4 is 28.9 Å². The molecule has 0 aliphatic carbocycles. The van der Waals surface area contributed by atoms with Crippen LogP contribution in [0, 0.1) is 6.92 Å². The first kappa shape index (κ1) is 11.2. The molecule has 82 valence electrons. The third kappa shape index (κ3) is 1.99. The maximum atomic E-state index is 6.12. The first-order valence-corrected chi connectivity index (χ1v) is 5.51. The van der Waals surface area contributed by atoms with Crippen LogP contribution in [-0.4, -0.2) is 4.98 Å². The molecule has 0 fully saturated rings. The van der Waals surface area contributed by atoms with Gasteiger partial charge in [0.05, 0.1) is 21.4 Å². The third-order valence-electron chi connectivity index (χ3n) is 2.39. The molecule has 1 heterocycles. The van der Waals surface area contributed by atoms with Crippen LogP contribution in [0.3, 0.4) is 0 Å². The number of aromatic nitrogens is 1. The lowest BCUT2D eigenvalue weighted by molar-refractivity contribution is 1.21. The van der Waals surface area contributed by atoms with Crippen molar-refractivity contribution in [1.29, 1.82) is 0 Å². The Kier molecular flexibility index (Phi) is 3.03. The highest BCUT2D eigenvalue weighted by Gasteiger charge is 2.08. The van der Waals surface area contributed by atoms with Crippen molar-refractivity contribution in [2.75, 3.05) is 5.73 Å². The van der Waals surface area contributed by atoms with E-state index in [-0.39, 0.29) is 0 Å². The number of pyridine rings is 1. The van der Waals surface area contributed by atoms with Gasteiger partial charge in [-0.25, -0.2) is 0 Å². The molecule has 0 aliphatic heterocycles. The van der Waals surface area contributed by atoms with Crippen LogP contribution in [-0.2, 0) is 0 Å². The van der Waals surface area contributed by atoms with Crippen molar-refractivity contribution in [3.05, 3.63) is 46.2 Å². The van der Waals surface area contributed by atoms with Crippen molar-refractivity contribution in [1.82, 2.24) is 4.98 Å². The van der Waals surface area contributed by atoms with Crippen molar-refractivity contribution in [3.63, 3.8) is 0 Å². The number of halogens is 2. The molecule has 0 spiro atoms. The second-order valence-electron chi connectivity index (χ2n) is 3.50. The quantitative estimate of drug-likeness (QED) is 0.835. The van der Waals surface area contributed by atoms with Crippen LogP contribution in [0.4, 0.5) is 5.69 Å². The van der Waals surface area contributed by atoms with Gasteiger partial charge in [-0.2, -0.15) is 0 Å². The summed E-state index contributed by atoms with van der Waals surface area (Å²) in [5.74, 6) is 0. The number of nitrogen functional groups attached to an aromatic ring is 1. The van der Waals surface area contributed by atoms with Crippen molar-refractivity contribution < 1.29 is 0 Å². The predicted molar refractivity (Wildman–Crippen MR) is 68.8 cm³/mol. The smallest absolute Gasteiger partial charge is 0.0671 e. The molecule has 0 aliphatic rings. The number of hydrogen-bond donors (Lipinski definition) is 1. The first-order valence-electron chi connectivity index (χ1n) is 4.76. The van der Waals surface area contributed by atoms with E-state index in [0.29, 0.717) is 15.7 Å². The molecule has 4 heteroatoms. The van der Waals surface area contributed by atoms with E-state index in [9.17, 15) is 0 Å². The number of rotatable bonds is 1. The summed E-state index contributed by atoms with van der Waals surface area (Å²) < 4.78 is 0. The average Bonchev–Trinajstić information content (AvgIpc) is 2.26. The number of anilines is 1. The van der Waals surface area contributed by atoms with Gasteiger partial charge in [-0.05, 0) is 19.1 Å². The first-order chi connectivity index (χ1) is 7.59. The SMILES string of the molecule is Cc1ncc(-c2cccc(Cl)c2Cl)cc1N. The molecular formula is C12H10Cl2N2. The second kappa shape index (κ2) is 4.32. The van der Waals surface area contributed by atoms with Gasteiger partial charge in [-0.15, -0.1) is 0 Å². The standard InChI is InChI=1S/C12H10Cl2N2/c1-7-11(15)5-8(6-16-7)9-3-2-4-10(13)12(9)14/h2-6H,15H2,1H3. The summed E-state index contributed by atoms with van der Waals surface area (Å²) >= 11 is 12.1. The minimum atomic E-state index is 0.522. The molecule has 0 bridgehead atoms. The number of nitrogens with two attached hydrogens (primary N) is 1. The molecule has 2 rings (SSSR count). The maximum Gasteiger partial charge on any atom is 0.0671 e. The van der Waals surface area contributed by atoms with Gasteiger partial charge < -0.3 is 5.73 Å². The van der Waals surface area contributed by atoms with Crippen LogP contribution in [0.1, 0.15) is 5.69 Å². The van der Waals surface area contributed by atoms with E-state index in [1.54, 1.807) is 12.3 Å². The third-order valence-corrected chi connectivity index (χ3v) is 3.21. The fourth-order valence-corrected chi connectivity index (χ4v) is 1.83. The molecule has 2 aromatic rings. The van der Waals surface area contributed by atoms with Crippen molar-refractivity contribution in [2.24, 2.45) is 0 Å². The van der Waals surface area contributed by atoms with Crippen LogP contribution in [0.15, 0.2) is 30.5 Å². The lowest BCUT2D eigenvalue weighted by Crippen LogP contribution is -1.93. The lowest BCUT2D eigenvalue weighted by Gasteiger charge is -2.07. The highest BCUT2D eigenvalue weighted by atomic mass is 35.5.